The highest BCUT2D eigenvalue weighted by atomic mass is 35.5. The van der Waals surface area contributed by atoms with Gasteiger partial charge in [0.05, 0.1) is 0 Å². The van der Waals surface area contributed by atoms with Gasteiger partial charge in [0.2, 0.25) is 0 Å². The zero-order valence-electron chi connectivity index (χ0n) is 9.71. The number of hydrogen-bond donors (Lipinski definition) is 1. The molecule has 0 aliphatic rings. The van der Waals surface area contributed by atoms with Gasteiger partial charge in [0, 0.05) is 22.7 Å². The Labute approximate surface area is 112 Å². The maximum Gasteiger partial charge on any atom is 0.187 e. The van der Waals surface area contributed by atoms with Gasteiger partial charge in [-0.05, 0) is 18.2 Å². The second-order valence-corrected chi connectivity index (χ2v) is 4.58. The minimum absolute atomic E-state index is 0.411. The highest BCUT2D eigenvalue weighted by Gasteiger charge is 2.13. The molecule has 4 rings (SSSR count). The van der Waals surface area contributed by atoms with Crippen molar-refractivity contribution < 1.29 is 0 Å². The van der Waals surface area contributed by atoms with Gasteiger partial charge in [-0.2, -0.15) is 9.61 Å². The lowest BCUT2D eigenvalue weighted by Gasteiger charge is -1.97. The van der Waals surface area contributed by atoms with Crippen molar-refractivity contribution in [1.82, 2.24) is 24.8 Å². The third-order valence-electron chi connectivity index (χ3n) is 3.06. The summed E-state index contributed by atoms with van der Waals surface area (Å²) >= 11 is 5.93. The predicted octanol–water partition coefficient (Wildman–Crippen LogP) is 2.93. The topological polar surface area (TPSA) is 58.9 Å². The molecule has 0 aliphatic carbocycles. The minimum atomic E-state index is 0.411. The molecule has 0 saturated carbocycles. The van der Waals surface area contributed by atoms with Crippen LogP contribution in [0.2, 0.25) is 5.15 Å². The van der Waals surface area contributed by atoms with E-state index in [2.05, 4.69) is 20.3 Å². The van der Waals surface area contributed by atoms with Crippen molar-refractivity contribution in [1.29, 1.82) is 0 Å². The third-order valence-corrected chi connectivity index (χ3v) is 3.26. The van der Waals surface area contributed by atoms with E-state index in [1.807, 2.05) is 30.5 Å². The van der Waals surface area contributed by atoms with Crippen LogP contribution in [0.4, 0.5) is 0 Å². The van der Waals surface area contributed by atoms with Crippen molar-refractivity contribution in [2.24, 2.45) is 0 Å². The molecule has 0 saturated heterocycles. The van der Waals surface area contributed by atoms with Gasteiger partial charge in [-0.15, -0.1) is 10.2 Å². The first-order chi connectivity index (χ1) is 9.33. The molecule has 0 bridgehead atoms. The van der Waals surface area contributed by atoms with Crippen LogP contribution >= 0.6 is 11.6 Å². The van der Waals surface area contributed by atoms with Gasteiger partial charge in [0.25, 0.3) is 0 Å². The van der Waals surface area contributed by atoms with Gasteiger partial charge in [-0.1, -0.05) is 29.8 Å². The summed E-state index contributed by atoms with van der Waals surface area (Å²) in [7, 11) is 0. The summed E-state index contributed by atoms with van der Waals surface area (Å²) in [5.74, 6) is 0.676. The molecule has 6 heteroatoms. The summed E-state index contributed by atoms with van der Waals surface area (Å²) in [6.07, 6.45) is 1.91. The Bertz CT molecular complexity index is 892. The average molecular weight is 270 g/mol. The van der Waals surface area contributed by atoms with Gasteiger partial charge in [0.1, 0.15) is 5.15 Å². The van der Waals surface area contributed by atoms with E-state index in [0.29, 0.717) is 16.6 Å². The lowest BCUT2D eigenvalue weighted by atomic mass is 10.2. The van der Waals surface area contributed by atoms with E-state index in [1.165, 1.54) is 0 Å². The molecule has 1 N–H and O–H groups in total. The molecule has 19 heavy (non-hydrogen) atoms. The van der Waals surface area contributed by atoms with Crippen molar-refractivity contribution in [3.8, 4) is 11.4 Å². The number of aromatic amines is 1. The van der Waals surface area contributed by atoms with Crippen LogP contribution in [0.25, 0.3) is 27.9 Å². The van der Waals surface area contributed by atoms with Gasteiger partial charge in [-0.3, -0.25) is 0 Å². The van der Waals surface area contributed by atoms with Crippen molar-refractivity contribution in [3.05, 3.63) is 47.7 Å². The third kappa shape index (κ3) is 1.52. The smallest absolute Gasteiger partial charge is 0.187 e. The molecule has 0 spiro atoms. The number of halogens is 1. The van der Waals surface area contributed by atoms with Crippen molar-refractivity contribution in [2.45, 2.75) is 0 Å². The number of H-pyrrole nitrogens is 1. The first kappa shape index (κ1) is 10.5. The van der Waals surface area contributed by atoms with Crippen molar-refractivity contribution in [3.63, 3.8) is 0 Å². The number of para-hydroxylation sites is 1. The molecule has 3 aromatic heterocycles. The van der Waals surface area contributed by atoms with Crippen LogP contribution in [-0.4, -0.2) is 24.8 Å². The van der Waals surface area contributed by atoms with Gasteiger partial charge in [0.15, 0.2) is 11.5 Å². The molecule has 0 radical (unpaired) electrons. The number of hydrogen-bond acceptors (Lipinski definition) is 3. The van der Waals surface area contributed by atoms with Crippen LogP contribution < -0.4 is 0 Å². The molecule has 0 unspecified atom stereocenters. The van der Waals surface area contributed by atoms with E-state index < -0.39 is 0 Å². The summed E-state index contributed by atoms with van der Waals surface area (Å²) in [6.45, 7) is 0. The Kier molecular flexibility index (Phi) is 2.10. The Morgan fingerprint density at radius 1 is 1.05 bits per heavy atom. The first-order valence-electron chi connectivity index (χ1n) is 5.77. The highest BCUT2D eigenvalue weighted by Crippen LogP contribution is 2.27. The fourth-order valence-corrected chi connectivity index (χ4v) is 2.33. The second kappa shape index (κ2) is 3.80. The van der Waals surface area contributed by atoms with Crippen LogP contribution in [0.3, 0.4) is 0 Å². The van der Waals surface area contributed by atoms with Crippen LogP contribution in [-0.2, 0) is 0 Å². The molecule has 0 fully saturated rings. The Morgan fingerprint density at radius 2 is 1.95 bits per heavy atom. The van der Waals surface area contributed by atoms with Crippen LogP contribution in [0.5, 0.6) is 0 Å². The van der Waals surface area contributed by atoms with Crippen LogP contribution in [0.1, 0.15) is 0 Å². The minimum Gasteiger partial charge on any atom is -0.360 e. The lowest BCUT2D eigenvalue weighted by Crippen LogP contribution is -1.94. The number of rotatable bonds is 1. The number of benzene rings is 1. The molecule has 0 aliphatic heterocycles. The maximum absolute atomic E-state index is 5.93. The number of nitrogens with zero attached hydrogens (tertiary/aromatic N) is 4. The van der Waals surface area contributed by atoms with E-state index in [-0.39, 0.29) is 0 Å². The standard InChI is InChI=1S/C13H8ClN5/c14-11-5-6-12-16-17-13(19(12)18-11)9-7-15-10-4-2-1-3-8(9)10/h1-7,15H. The van der Waals surface area contributed by atoms with E-state index in [0.717, 1.165) is 16.5 Å². The largest absolute Gasteiger partial charge is 0.360 e. The monoisotopic (exact) mass is 269 g/mol. The summed E-state index contributed by atoms with van der Waals surface area (Å²) in [5, 5.41) is 14.0. The Morgan fingerprint density at radius 3 is 2.89 bits per heavy atom. The molecule has 4 aromatic rings. The number of nitrogens with one attached hydrogen (secondary N) is 1. The van der Waals surface area contributed by atoms with Gasteiger partial charge < -0.3 is 4.98 Å². The number of aromatic nitrogens is 5. The Balaban J connectivity index is 2.06. The summed E-state index contributed by atoms with van der Waals surface area (Å²) in [4.78, 5) is 3.21. The number of fused-ring (bicyclic) bond motifs is 2. The van der Waals surface area contributed by atoms with Crippen LogP contribution in [0.15, 0.2) is 42.6 Å². The zero-order chi connectivity index (χ0) is 12.8. The Hall–Kier alpha value is -2.40. The predicted molar refractivity (Wildman–Crippen MR) is 73.1 cm³/mol. The molecule has 1 aromatic carbocycles. The van der Waals surface area contributed by atoms with Crippen LogP contribution in [0, 0.1) is 0 Å². The van der Waals surface area contributed by atoms with E-state index in [9.17, 15) is 0 Å². The summed E-state index contributed by atoms with van der Waals surface area (Å²) in [5.41, 5.74) is 2.68. The zero-order valence-corrected chi connectivity index (χ0v) is 10.5. The van der Waals surface area contributed by atoms with Crippen molar-refractivity contribution >= 4 is 28.2 Å². The quantitative estimate of drug-likeness (QED) is 0.578. The molecule has 0 amide bonds. The van der Waals surface area contributed by atoms with E-state index >= 15 is 0 Å². The normalized spacial score (nSPS) is 11.4. The summed E-state index contributed by atoms with van der Waals surface area (Å²) in [6, 6.07) is 11.5. The first-order valence-corrected chi connectivity index (χ1v) is 6.15. The fourth-order valence-electron chi connectivity index (χ4n) is 2.19. The molecule has 5 nitrogen and oxygen atoms in total. The van der Waals surface area contributed by atoms with Gasteiger partial charge >= 0.3 is 0 Å². The second-order valence-electron chi connectivity index (χ2n) is 4.20. The molecule has 3 heterocycles. The van der Waals surface area contributed by atoms with Gasteiger partial charge in [-0.25, -0.2) is 0 Å². The van der Waals surface area contributed by atoms with Crippen molar-refractivity contribution in [2.75, 3.05) is 0 Å². The molecular formula is C13H8ClN5. The molecular weight excluding hydrogens is 262 g/mol. The molecule has 92 valence electrons. The fraction of sp³-hybridized carbons (Fsp3) is 0. The highest BCUT2D eigenvalue weighted by molar-refractivity contribution is 6.29. The maximum atomic E-state index is 5.93. The summed E-state index contributed by atoms with van der Waals surface area (Å²) < 4.78 is 1.65. The SMILES string of the molecule is Clc1ccc2nnc(-c3c[nH]c4ccccc34)n2n1. The van der Waals surface area contributed by atoms with E-state index in [4.69, 9.17) is 11.6 Å². The van der Waals surface area contributed by atoms with E-state index in [1.54, 1.807) is 16.6 Å². The average Bonchev–Trinajstić information content (AvgIpc) is 3.01. The lowest BCUT2D eigenvalue weighted by molar-refractivity contribution is 0.937. The molecule has 0 atom stereocenters.